The fraction of sp³-hybridized carbons (Fsp3) is 0.500. The van der Waals surface area contributed by atoms with Gasteiger partial charge in [0.05, 0.1) is 16.0 Å². The Hall–Kier alpha value is -1.17. The number of hydrogen-bond donors (Lipinski definition) is 0. The Morgan fingerprint density at radius 2 is 1.80 bits per heavy atom. The molecule has 0 saturated carbocycles. The van der Waals surface area contributed by atoms with Crippen molar-refractivity contribution in [2.24, 2.45) is 4.40 Å². The van der Waals surface area contributed by atoms with Crippen molar-refractivity contribution in [2.45, 2.75) is 44.5 Å². The van der Waals surface area contributed by atoms with Gasteiger partial charge in [-0.05, 0) is 51.3 Å². The van der Waals surface area contributed by atoms with Crippen LogP contribution in [0.3, 0.4) is 0 Å². The summed E-state index contributed by atoms with van der Waals surface area (Å²) in [6.45, 7) is 5.36. The van der Waals surface area contributed by atoms with Gasteiger partial charge < -0.3 is 0 Å². The lowest BCUT2D eigenvalue weighted by molar-refractivity contribution is -0.137. The molecule has 0 unspecified atom stereocenters. The zero-order valence-corrected chi connectivity index (χ0v) is 12.4. The van der Waals surface area contributed by atoms with E-state index in [0.29, 0.717) is 24.1 Å². The molecule has 2 nitrogen and oxygen atoms in total. The quantitative estimate of drug-likeness (QED) is 0.773. The molecule has 6 heteroatoms. The molecular formula is C14H16F3NOS. The average Bonchev–Trinajstić information content (AvgIpc) is 2.69. The lowest BCUT2D eigenvalue weighted by Crippen LogP contribution is -2.20. The molecule has 1 aromatic rings. The summed E-state index contributed by atoms with van der Waals surface area (Å²) in [5, 5.41) is 0. The lowest BCUT2D eigenvalue weighted by atomic mass is 10.1. The van der Waals surface area contributed by atoms with Crippen LogP contribution in [0.15, 0.2) is 22.6 Å². The number of halogens is 3. The van der Waals surface area contributed by atoms with Gasteiger partial charge in [-0.15, -0.1) is 0 Å². The fourth-order valence-electron chi connectivity index (χ4n) is 1.96. The molecular weight excluding hydrogens is 287 g/mol. The second-order valence-electron chi connectivity index (χ2n) is 5.77. The first-order valence-corrected chi connectivity index (χ1v) is 7.40. The Bertz CT molecular complexity index is 585. The van der Waals surface area contributed by atoms with E-state index in [2.05, 4.69) is 4.40 Å². The number of alkyl halides is 3. The van der Waals surface area contributed by atoms with E-state index in [1.54, 1.807) is 20.8 Å². The first-order chi connectivity index (χ1) is 9.09. The van der Waals surface area contributed by atoms with Crippen molar-refractivity contribution >= 4 is 16.7 Å². The largest absolute Gasteiger partial charge is 0.416 e. The minimum atomic E-state index is -4.37. The van der Waals surface area contributed by atoms with Crippen LogP contribution in [0.1, 0.15) is 43.9 Å². The maximum atomic E-state index is 12.7. The van der Waals surface area contributed by atoms with E-state index in [1.807, 2.05) is 0 Å². The van der Waals surface area contributed by atoms with E-state index < -0.39 is 27.5 Å². The van der Waals surface area contributed by atoms with E-state index in [9.17, 15) is 17.4 Å². The van der Waals surface area contributed by atoms with Crippen molar-refractivity contribution in [3.63, 3.8) is 0 Å². The lowest BCUT2D eigenvalue weighted by Gasteiger charge is -2.14. The molecule has 0 fully saturated rings. The van der Waals surface area contributed by atoms with Gasteiger partial charge in [0.15, 0.2) is 0 Å². The van der Waals surface area contributed by atoms with Gasteiger partial charge in [-0.25, -0.2) is 4.21 Å². The number of aryl methyl sites for hydroxylation is 1. The van der Waals surface area contributed by atoms with Gasteiger partial charge in [-0.3, -0.25) is 0 Å². The molecule has 0 N–H and O–H groups in total. The molecule has 1 aliphatic carbocycles. The van der Waals surface area contributed by atoms with E-state index in [1.165, 1.54) is 6.07 Å². The number of hydrogen-bond acceptors (Lipinski definition) is 1. The van der Waals surface area contributed by atoms with Crippen LogP contribution in [-0.2, 0) is 23.6 Å². The van der Waals surface area contributed by atoms with Crippen molar-refractivity contribution in [3.05, 3.63) is 34.9 Å². The summed E-state index contributed by atoms with van der Waals surface area (Å²) < 4.78 is 53.8. The Balaban J connectivity index is 2.42. The van der Waals surface area contributed by atoms with Crippen LogP contribution in [0.25, 0.3) is 0 Å². The van der Waals surface area contributed by atoms with Gasteiger partial charge in [0.2, 0.25) is 0 Å². The van der Waals surface area contributed by atoms with Crippen LogP contribution < -0.4 is 0 Å². The number of rotatable bonds is 1. The molecule has 0 heterocycles. The highest BCUT2D eigenvalue weighted by molar-refractivity contribution is 7.85. The summed E-state index contributed by atoms with van der Waals surface area (Å²) in [5.41, 5.74) is 1.15. The van der Waals surface area contributed by atoms with Gasteiger partial charge in [0, 0.05) is 5.56 Å². The fourth-order valence-corrected chi connectivity index (χ4v) is 2.62. The monoisotopic (exact) mass is 303 g/mol. The highest BCUT2D eigenvalue weighted by Crippen LogP contribution is 2.33. The van der Waals surface area contributed by atoms with E-state index >= 15 is 0 Å². The molecule has 0 radical (unpaired) electrons. The molecule has 0 saturated heterocycles. The van der Waals surface area contributed by atoms with Gasteiger partial charge in [-0.2, -0.15) is 17.6 Å². The molecule has 110 valence electrons. The second-order valence-corrected chi connectivity index (χ2v) is 7.67. The summed E-state index contributed by atoms with van der Waals surface area (Å²) in [6.07, 6.45) is -3.18. The Kier molecular flexibility index (Phi) is 3.79. The Morgan fingerprint density at radius 3 is 2.35 bits per heavy atom. The van der Waals surface area contributed by atoms with Crippen LogP contribution in [-0.4, -0.2) is 14.7 Å². The third-order valence-corrected chi connectivity index (χ3v) is 4.53. The number of benzene rings is 1. The van der Waals surface area contributed by atoms with Crippen molar-refractivity contribution in [2.75, 3.05) is 0 Å². The highest BCUT2D eigenvalue weighted by Gasteiger charge is 2.32. The number of fused-ring (bicyclic) bond motifs is 1. The Morgan fingerprint density at radius 1 is 1.15 bits per heavy atom. The molecule has 2 rings (SSSR count). The molecule has 1 aliphatic rings. The topological polar surface area (TPSA) is 29.4 Å². The van der Waals surface area contributed by atoms with Crippen molar-refractivity contribution in [1.82, 2.24) is 0 Å². The summed E-state index contributed by atoms with van der Waals surface area (Å²) in [5.74, 6) is 0. The average molecular weight is 303 g/mol. The van der Waals surface area contributed by atoms with Crippen molar-refractivity contribution in [3.8, 4) is 0 Å². The predicted octanol–water partition coefficient (Wildman–Crippen LogP) is 3.90. The zero-order chi connectivity index (χ0) is 15.1. The smallest absolute Gasteiger partial charge is 0.234 e. The van der Waals surface area contributed by atoms with E-state index in [0.717, 1.165) is 17.7 Å². The maximum Gasteiger partial charge on any atom is 0.416 e. The van der Waals surface area contributed by atoms with Gasteiger partial charge in [0.25, 0.3) is 0 Å². The third-order valence-electron chi connectivity index (χ3n) is 3.10. The summed E-state index contributed by atoms with van der Waals surface area (Å²) >= 11 is 0. The molecule has 1 atom stereocenters. The molecule has 20 heavy (non-hydrogen) atoms. The van der Waals surface area contributed by atoms with Crippen LogP contribution in [0.4, 0.5) is 13.2 Å². The van der Waals surface area contributed by atoms with Gasteiger partial charge >= 0.3 is 6.18 Å². The van der Waals surface area contributed by atoms with Gasteiger partial charge in [0.1, 0.15) is 11.0 Å². The van der Waals surface area contributed by atoms with E-state index in [-0.39, 0.29) is 0 Å². The summed E-state index contributed by atoms with van der Waals surface area (Å²) in [7, 11) is -1.46. The van der Waals surface area contributed by atoms with Crippen molar-refractivity contribution in [1.29, 1.82) is 0 Å². The predicted molar refractivity (Wildman–Crippen MR) is 74.2 cm³/mol. The second kappa shape index (κ2) is 4.98. The number of nitrogens with zero attached hydrogens (tertiary/aromatic N) is 1. The standard InChI is InChI=1S/C14H16F3NOS/c1-13(2,3)20(19)18-12-7-5-9-4-6-10(8-11(9)12)14(15,16)17/h4,6,8H,5,7H2,1-3H3/b18-12+/t20-/m1/s1. The molecule has 0 amide bonds. The Labute approximate surface area is 118 Å². The minimum absolute atomic E-state index is 0.484. The first-order valence-electron chi connectivity index (χ1n) is 6.29. The van der Waals surface area contributed by atoms with E-state index in [4.69, 9.17) is 0 Å². The van der Waals surface area contributed by atoms with Gasteiger partial charge in [-0.1, -0.05) is 6.07 Å². The normalized spacial score (nSPS) is 19.2. The SMILES string of the molecule is CC(C)(C)[S@@](=O)/N=C1\CCc2ccc(C(F)(F)F)cc21. The molecule has 1 aromatic carbocycles. The summed E-state index contributed by atoms with van der Waals surface area (Å²) in [4.78, 5) is 0. The maximum absolute atomic E-state index is 12.7. The van der Waals surface area contributed by atoms with Crippen LogP contribution in [0.5, 0.6) is 0 Å². The molecule has 0 bridgehead atoms. The highest BCUT2D eigenvalue weighted by atomic mass is 32.2. The zero-order valence-electron chi connectivity index (χ0n) is 11.5. The summed E-state index contributed by atoms with van der Waals surface area (Å²) in [6, 6.07) is 3.68. The van der Waals surface area contributed by atoms with Crippen LogP contribution >= 0.6 is 0 Å². The van der Waals surface area contributed by atoms with Crippen LogP contribution in [0.2, 0.25) is 0 Å². The molecule has 0 aliphatic heterocycles. The van der Waals surface area contributed by atoms with Crippen molar-refractivity contribution < 1.29 is 17.4 Å². The molecule has 0 aromatic heterocycles. The minimum Gasteiger partial charge on any atom is -0.234 e. The third kappa shape index (κ3) is 3.11. The van der Waals surface area contributed by atoms with Crippen LogP contribution in [0, 0.1) is 0 Å². The first kappa shape index (κ1) is 15.2. The molecule has 0 spiro atoms.